The van der Waals surface area contributed by atoms with Crippen molar-refractivity contribution in [3.8, 4) is 23.0 Å². The van der Waals surface area contributed by atoms with Crippen LogP contribution >= 0.6 is 0 Å². The molecule has 2 aromatic rings. The van der Waals surface area contributed by atoms with E-state index in [-0.39, 0.29) is 23.0 Å². The normalized spacial score (nSPS) is 12.4. The van der Waals surface area contributed by atoms with Gasteiger partial charge in [0.1, 0.15) is 5.41 Å². The lowest BCUT2D eigenvalue weighted by Crippen LogP contribution is -2.11. The average Bonchev–Trinajstić information content (AvgIpc) is 2.66. The summed E-state index contributed by atoms with van der Waals surface area (Å²) in [6, 6.07) is 9.41. The topological polar surface area (TPSA) is 99.1 Å². The van der Waals surface area contributed by atoms with Crippen LogP contribution < -0.4 is 9.47 Å². The van der Waals surface area contributed by atoms with E-state index < -0.39 is 11.2 Å². The van der Waals surface area contributed by atoms with Gasteiger partial charge in [0.25, 0.3) is 0 Å². The summed E-state index contributed by atoms with van der Waals surface area (Å²) in [6.45, 7) is 0. The summed E-state index contributed by atoms with van der Waals surface area (Å²) in [5, 5.41) is 20.5. The minimum Gasteiger partial charge on any atom is -0.612 e. The standard InChI is InChI=1S/C20H20O6S/c1-25-19-11-14(4-7-17(19)22)3-6-16(21)13-27(24)10-9-15-5-8-18(23)20(12-15)26-2/h3-12,22-23H,13H2,1-2H3/b6-3-,10-9+. The molecule has 7 heteroatoms. The Morgan fingerprint density at radius 2 is 1.52 bits per heavy atom. The van der Waals surface area contributed by atoms with E-state index in [4.69, 9.17) is 9.47 Å². The minimum atomic E-state index is -1.48. The summed E-state index contributed by atoms with van der Waals surface area (Å²) in [5.41, 5.74) is 1.37. The fourth-order valence-electron chi connectivity index (χ4n) is 2.18. The van der Waals surface area contributed by atoms with Crippen molar-refractivity contribution in [3.05, 3.63) is 59.0 Å². The molecular weight excluding hydrogens is 368 g/mol. The van der Waals surface area contributed by atoms with Gasteiger partial charge < -0.3 is 24.2 Å². The van der Waals surface area contributed by atoms with Gasteiger partial charge in [-0.25, -0.2) is 0 Å². The van der Waals surface area contributed by atoms with Crippen molar-refractivity contribution >= 4 is 29.1 Å². The number of carbonyl (C=O) groups is 1. The molecule has 2 aromatic carbocycles. The second-order valence-corrected chi connectivity index (χ2v) is 6.81. The second-order valence-electron chi connectivity index (χ2n) is 5.49. The quantitative estimate of drug-likeness (QED) is 0.532. The van der Waals surface area contributed by atoms with Gasteiger partial charge in [0, 0.05) is 0 Å². The molecule has 0 aliphatic carbocycles. The first-order valence-corrected chi connectivity index (χ1v) is 9.31. The zero-order chi connectivity index (χ0) is 19.8. The van der Waals surface area contributed by atoms with Gasteiger partial charge in [0.05, 0.1) is 14.2 Å². The van der Waals surface area contributed by atoms with Gasteiger partial charge in [0.2, 0.25) is 5.78 Å². The van der Waals surface area contributed by atoms with E-state index in [0.717, 1.165) is 0 Å². The van der Waals surface area contributed by atoms with E-state index in [1.807, 2.05) is 0 Å². The Kier molecular flexibility index (Phi) is 7.34. The van der Waals surface area contributed by atoms with Crippen molar-refractivity contribution in [3.63, 3.8) is 0 Å². The molecule has 0 aliphatic heterocycles. The highest BCUT2D eigenvalue weighted by atomic mass is 32.2. The Hall–Kier alpha value is -2.90. The highest BCUT2D eigenvalue weighted by molar-refractivity contribution is 7.95. The number of hydrogen-bond donors (Lipinski definition) is 2. The number of benzene rings is 2. The van der Waals surface area contributed by atoms with Crippen LogP contribution in [0.4, 0.5) is 0 Å². The highest BCUT2D eigenvalue weighted by Gasteiger charge is 2.09. The van der Waals surface area contributed by atoms with Gasteiger partial charge in [-0.2, -0.15) is 0 Å². The molecule has 142 valence electrons. The van der Waals surface area contributed by atoms with Crippen molar-refractivity contribution in [1.29, 1.82) is 0 Å². The van der Waals surface area contributed by atoms with Crippen LogP contribution in [-0.4, -0.2) is 40.5 Å². The molecule has 0 heterocycles. The van der Waals surface area contributed by atoms with Gasteiger partial charge >= 0.3 is 0 Å². The SMILES string of the molecule is COc1cc(/C=C\C(=O)C[S+]([O-])/C=C/c2ccc(O)c(OC)c2)ccc1O. The van der Waals surface area contributed by atoms with Gasteiger partial charge in [-0.15, -0.1) is 0 Å². The van der Waals surface area contributed by atoms with Crippen LogP contribution in [0.15, 0.2) is 47.9 Å². The fourth-order valence-corrected chi connectivity index (χ4v) is 2.96. The molecule has 1 unspecified atom stereocenters. The lowest BCUT2D eigenvalue weighted by atomic mass is 10.2. The zero-order valence-electron chi connectivity index (χ0n) is 14.9. The Morgan fingerprint density at radius 3 is 2.04 bits per heavy atom. The monoisotopic (exact) mass is 388 g/mol. The Bertz CT molecular complexity index is 860. The number of allylic oxidation sites excluding steroid dienone is 1. The number of aromatic hydroxyl groups is 2. The van der Waals surface area contributed by atoms with E-state index in [9.17, 15) is 19.6 Å². The van der Waals surface area contributed by atoms with E-state index >= 15 is 0 Å². The lowest BCUT2D eigenvalue weighted by molar-refractivity contribution is -0.112. The van der Waals surface area contributed by atoms with Gasteiger partial charge in [-0.3, -0.25) is 4.79 Å². The number of rotatable bonds is 8. The Balaban J connectivity index is 1.95. The third-order valence-corrected chi connectivity index (χ3v) is 4.57. The van der Waals surface area contributed by atoms with Gasteiger partial charge in [0.15, 0.2) is 28.8 Å². The smallest absolute Gasteiger partial charge is 0.205 e. The number of ketones is 1. The minimum absolute atomic E-state index is 0.0121. The third-order valence-electron chi connectivity index (χ3n) is 3.57. The number of methoxy groups -OCH3 is 2. The van der Waals surface area contributed by atoms with E-state index in [1.54, 1.807) is 36.4 Å². The molecule has 0 saturated carbocycles. The largest absolute Gasteiger partial charge is 0.612 e. The van der Waals surface area contributed by atoms with Crippen molar-refractivity contribution in [1.82, 2.24) is 0 Å². The first-order valence-electron chi connectivity index (χ1n) is 7.93. The van der Waals surface area contributed by atoms with Crippen LogP contribution in [0.25, 0.3) is 12.2 Å². The maximum Gasteiger partial charge on any atom is 0.205 e. The van der Waals surface area contributed by atoms with Crippen LogP contribution in [0.3, 0.4) is 0 Å². The lowest BCUT2D eigenvalue weighted by Gasteiger charge is -2.05. The zero-order valence-corrected chi connectivity index (χ0v) is 15.7. The summed E-state index contributed by atoms with van der Waals surface area (Å²) in [5.74, 6) is 0.192. The summed E-state index contributed by atoms with van der Waals surface area (Å²) in [4.78, 5) is 12.0. The Labute approximate surface area is 160 Å². The molecule has 0 spiro atoms. The van der Waals surface area contributed by atoms with Crippen molar-refractivity contribution < 1.29 is 29.0 Å². The molecule has 0 fully saturated rings. The Morgan fingerprint density at radius 1 is 1.00 bits per heavy atom. The number of phenols is 2. The molecule has 0 aliphatic rings. The first-order chi connectivity index (χ1) is 12.9. The van der Waals surface area contributed by atoms with Gasteiger partial charge in [-0.05, 0) is 58.7 Å². The molecule has 27 heavy (non-hydrogen) atoms. The maximum atomic E-state index is 12.0. The molecule has 2 rings (SSSR count). The molecule has 0 amide bonds. The summed E-state index contributed by atoms with van der Waals surface area (Å²) < 4.78 is 22.1. The van der Waals surface area contributed by atoms with E-state index in [1.165, 1.54) is 37.8 Å². The van der Waals surface area contributed by atoms with Crippen LogP contribution in [-0.2, 0) is 16.0 Å². The first kappa shape index (κ1) is 20.4. The van der Waals surface area contributed by atoms with Crippen molar-refractivity contribution in [2.75, 3.05) is 20.0 Å². The predicted octanol–water partition coefficient (Wildman–Crippen LogP) is 3.12. The number of phenolic OH excluding ortho intramolecular Hbond substituents is 2. The molecule has 6 nitrogen and oxygen atoms in total. The number of ether oxygens (including phenoxy) is 2. The third kappa shape index (κ3) is 6.09. The van der Waals surface area contributed by atoms with E-state index in [0.29, 0.717) is 22.6 Å². The van der Waals surface area contributed by atoms with Crippen molar-refractivity contribution in [2.24, 2.45) is 0 Å². The highest BCUT2D eigenvalue weighted by Crippen LogP contribution is 2.27. The second kappa shape index (κ2) is 9.70. The number of carbonyl (C=O) groups excluding carboxylic acids is 1. The summed E-state index contributed by atoms with van der Waals surface area (Å²) in [6.07, 6.45) is 4.50. The maximum absolute atomic E-state index is 12.0. The van der Waals surface area contributed by atoms with E-state index in [2.05, 4.69) is 0 Å². The molecule has 0 radical (unpaired) electrons. The van der Waals surface area contributed by atoms with Crippen LogP contribution in [0.1, 0.15) is 11.1 Å². The molecule has 0 bridgehead atoms. The predicted molar refractivity (Wildman–Crippen MR) is 105 cm³/mol. The van der Waals surface area contributed by atoms with Crippen LogP contribution in [0.2, 0.25) is 0 Å². The molecule has 0 saturated heterocycles. The van der Waals surface area contributed by atoms with Crippen LogP contribution in [0.5, 0.6) is 23.0 Å². The summed E-state index contributed by atoms with van der Waals surface area (Å²) in [7, 11) is 2.88. The molecule has 1 atom stereocenters. The molecule has 0 aromatic heterocycles. The summed E-state index contributed by atoms with van der Waals surface area (Å²) >= 11 is -1.48. The average molecular weight is 388 g/mol. The molecular formula is C20H20O6S. The number of hydrogen-bond acceptors (Lipinski definition) is 6. The van der Waals surface area contributed by atoms with Crippen molar-refractivity contribution in [2.45, 2.75) is 0 Å². The van der Waals surface area contributed by atoms with Crippen LogP contribution in [0, 0.1) is 0 Å². The fraction of sp³-hybridized carbons (Fsp3) is 0.150. The van der Waals surface area contributed by atoms with Gasteiger partial charge in [-0.1, -0.05) is 18.2 Å². The molecule has 2 N–H and O–H groups in total.